The molecule has 1 saturated carbocycles. The van der Waals surface area contributed by atoms with Crippen LogP contribution in [-0.4, -0.2) is 64.8 Å². The number of carbonyl (C=O) groups excluding carboxylic acids is 1. The summed E-state index contributed by atoms with van der Waals surface area (Å²) in [5.74, 6) is 2.28. The van der Waals surface area contributed by atoms with E-state index in [1.54, 1.807) is 21.3 Å². The van der Waals surface area contributed by atoms with Crippen molar-refractivity contribution in [2.45, 2.75) is 78.2 Å². The maximum absolute atomic E-state index is 12.8. The van der Waals surface area contributed by atoms with Crippen LogP contribution in [0.2, 0.25) is 0 Å². The standard InChI is InChI=1S/C30H51NO6/c1-7-24(29(33)31-20-30(13-14-30)21-35-5)19-26(32)11-10-25(22(2)3)17-23-9-12-27(36-6)28(18-23)37-16-8-15-34-4/h9,12,18,22,24-26,32H,7-8,10-11,13-17,19-21H2,1-6H3,(H,31,33)/t24-,25?,26-/m1/s1. The van der Waals surface area contributed by atoms with Crippen molar-refractivity contribution in [3.05, 3.63) is 23.8 Å². The molecule has 0 radical (unpaired) electrons. The van der Waals surface area contributed by atoms with Gasteiger partial charge >= 0.3 is 0 Å². The van der Waals surface area contributed by atoms with Crippen LogP contribution < -0.4 is 14.8 Å². The molecule has 0 bridgehead atoms. The fourth-order valence-electron chi connectivity index (χ4n) is 4.91. The van der Waals surface area contributed by atoms with Gasteiger partial charge in [-0.1, -0.05) is 26.8 Å². The zero-order chi connectivity index (χ0) is 27.3. The van der Waals surface area contributed by atoms with Gasteiger partial charge in [-0.25, -0.2) is 0 Å². The Morgan fingerprint density at radius 1 is 1.08 bits per heavy atom. The molecule has 1 aliphatic carbocycles. The number of rotatable bonds is 20. The summed E-state index contributed by atoms with van der Waals surface area (Å²) < 4.78 is 21.8. The number of aliphatic hydroxyl groups excluding tert-OH is 1. The number of aliphatic hydroxyl groups is 1. The number of hydrogen-bond donors (Lipinski definition) is 2. The molecule has 1 unspecified atom stereocenters. The highest BCUT2D eigenvalue weighted by Crippen LogP contribution is 2.45. The number of methoxy groups -OCH3 is 3. The van der Waals surface area contributed by atoms with E-state index in [4.69, 9.17) is 18.9 Å². The smallest absolute Gasteiger partial charge is 0.223 e. The van der Waals surface area contributed by atoms with Crippen LogP contribution in [0.5, 0.6) is 11.5 Å². The van der Waals surface area contributed by atoms with Gasteiger partial charge in [0.1, 0.15) is 0 Å². The van der Waals surface area contributed by atoms with Crippen molar-refractivity contribution in [2.75, 3.05) is 47.7 Å². The van der Waals surface area contributed by atoms with Gasteiger partial charge in [-0.15, -0.1) is 0 Å². The van der Waals surface area contributed by atoms with E-state index in [1.165, 1.54) is 5.56 Å². The molecule has 0 aromatic heterocycles. The highest BCUT2D eigenvalue weighted by molar-refractivity contribution is 5.78. The molecular weight excluding hydrogens is 470 g/mol. The number of nitrogens with one attached hydrogen (secondary N) is 1. The quantitative estimate of drug-likeness (QED) is 0.234. The maximum Gasteiger partial charge on any atom is 0.223 e. The van der Waals surface area contributed by atoms with Gasteiger partial charge in [-0.05, 0) is 74.5 Å². The summed E-state index contributed by atoms with van der Waals surface area (Å²) in [6.45, 7) is 9.09. The molecule has 3 atom stereocenters. The first kappa shape index (κ1) is 31.4. The lowest BCUT2D eigenvalue weighted by atomic mass is 9.83. The van der Waals surface area contributed by atoms with Crippen molar-refractivity contribution in [1.82, 2.24) is 5.32 Å². The molecule has 2 rings (SSSR count). The van der Waals surface area contributed by atoms with E-state index in [-0.39, 0.29) is 17.2 Å². The van der Waals surface area contributed by atoms with E-state index in [1.807, 2.05) is 13.0 Å². The molecule has 212 valence electrons. The highest BCUT2D eigenvalue weighted by atomic mass is 16.5. The molecule has 1 fully saturated rings. The second-order valence-corrected chi connectivity index (χ2v) is 11.1. The van der Waals surface area contributed by atoms with Crippen molar-refractivity contribution >= 4 is 5.91 Å². The zero-order valence-electron chi connectivity index (χ0n) is 24.0. The lowest BCUT2D eigenvalue weighted by molar-refractivity contribution is -0.126. The van der Waals surface area contributed by atoms with E-state index in [0.29, 0.717) is 51.0 Å². The molecule has 1 amide bonds. The Morgan fingerprint density at radius 3 is 2.43 bits per heavy atom. The normalized spacial score (nSPS) is 16.8. The molecule has 1 aromatic carbocycles. The zero-order valence-corrected chi connectivity index (χ0v) is 24.0. The molecule has 0 aliphatic heterocycles. The van der Waals surface area contributed by atoms with Crippen LogP contribution in [-0.2, 0) is 20.7 Å². The summed E-state index contributed by atoms with van der Waals surface area (Å²) in [4.78, 5) is 12.8. The highest BCUT2D eigenvalue weighted by Gasteiger charge is 2.43. The summed E-state index contributed by atoms with van der Waals surface area (Å²) in [7, 11) is 5.06. The molecule has 37 heavy (non-hydrogen) atoms. The van der Waals surface area contributed by atoms with Crippen LogP contribution in [0.4, 0.5) is 0 Å². The molecule has 1 aliphatic rings. The molecule has 2 N–H and O–H groups in total. The first-order valence-electron chi connectivity index (χ1n) is 14.0. The number of carbonyl (C=O) groups is 1. The van der Waals surface area contributed by atoms with Gasteiger partial charge in [0.05, 0.1) is 26.4 Å². The number of benzene rings is 1. The minimum atomic E-state index is -0.485. The van der Waals surface area contributed by atoms with E-state index in [2.05, 4.69) is 31.3 Å². The monoisotopic (exact) mass is 521 g/mol. The van der Waals surface area contributed by atoms with Gasteiger partial charge < -0.3 is 29.4 Å². The van der Waals surface area contributed by atoms with Gasteiger partial charge in [0.15, 0.2) is 11.5 Å². The lowest BCUT2D eigenvalue weighted by Gasteiger charge is -2.25. The lowest BCUT2D eigenvalue weighted by Crippen LogP contribution is -2.37. The van der Waals surface area contributed by atoms with Gasteiger partial charge in [-0.2, -0.15) is 0 Å². The molecule has 1 aromatic rings. The van der Waals surface area contributed by atoms with Gasteiger partial charge in [0.25, 0.3) is 0 Å². The fraction of sp³-hybridized carbons (Fsp3) is 0.767. The Kier molecular flexibility index (Phi) is 13.7. The van der Waals surface area contributed by atoms with Crippen LogP contribution in [0.25, 0.3) is 0 Å². The summed E-state index contributed by atoms with van der Waals surface area (Å²) >= 11 is 0. The number of ether oxygens (including phenoxy) is 4. The topological polar surface area (TPSA) is 86.3 Å². The SMILES string of the molecule is CC[C@H](C[C@H](O)CCC(Cc1ccc(OC)c(OCCCOC)c1)C(C)C)C(=O)NCC1(COC)CC1. The second kappa shape index (κ2) is 16.2. The van der Waals surface area contributed by atoms with Crippen molar-refractivity contribution in [3.63, 3.8) is 0 Å². The summed E-state index contributed by atoms with van der Waals surface area (Å²) in [5, 5.41) is 13.9. The second-order valence-electron chi connectivity index (χ2n) is 11.1. The third kappa shape index (κ3) is 10.8. The molecular formula is C30H51NO6. The minimum absolute atomic E-state index is 0.0561. The van der Waals surface area contributed by atoms with Gasteiger partial charge in [0.2, 0.25) is 5.91 Å². The van der Waals surface area contributed by atoms with Crippen LogP contribution in [0.3, 0.4) is 0 Å². The summed E-state index contributed by atoms with van der Waals surface area (Å²) in [6, 6.07) is 6.14. The third-order valence-electron chi connectivity index (χ3n) is 7.76. The molecule has 7 heteroatoms. The Morgan fingerprint density at radius 2 is 1.84 bits per heavy atom. The van der Waals surface area contributed by atoms with E-state index >= 15 is 0 Å². The van der Waals surface area contributed by atoms with Crippen LogP contribution in [0, 0.1) is 23.2 Å². The van der Waals surface area contributed by atoms with Crippen molar-refractivity contribution in [2.24, 2.45) is 23.2 Å². The van der Waals surface area contributed by atoms with Gasteiger partial charge in [-0.3, -0.25) is 4.79 Å². The predicted molar refractivity (Wildman–Crippen MR) is 147 cm³/mol. The molecule has 0 heterocycles. The summed E-state index contributed by atoms with van der Waals surface area (Å²) in [5.41, 5.74) is 1.33. The Bertz CT molecular complexity index is 794. The van der Waals surface area contributed by atoms with E-state index in [0.717, 1.165) is 50.0 Å². The Labute approximate surface area is 224 Å². The van der Waals surface area contributed by atoms with Crippen LogP contribution >= 0.6 is 0 Å². The third-order valence-corrected chi connectivity index (χ3v) is 7.76. The van der Waals surface area contributed by atoms with E-state index in [9.17, 15) is 9.90 Å². The van der Waals surface area contributed by atoms with E-state index < -0.39 is 6.10 Å². The average molecular weight is 522 g/mol. The predicted octanol–water partition coefficient (Wildman–Crippen LogP) is 5.03. The van der Waals surface area contributed by atoms with Crippen molar-refractivity contribution < 1.29 is 28.8 Å². The first-order chi connectivity index (χ1) is 17.8. The van der Waals surface area contributed by atoms with Crippen molar-refractivity contribution in [3.8, 4) is 11.5 Å². The Hall–Kier alpha value is -1.83. The maximum atomic E-state index is 12.8. The first-order valence-corrected chi connectivity index (χ1v) is 14.0. The molecule has 0 saturated heterocycles. The summed E-state index contributed by atoms with van der Waals surface area (Å²) in [6.07, 6.45) is 6.28. The molecule has 0 spiro atoms. The average Bonchev–Trinajstić information content (AvgIpc) is 3.65. The van der Waals surface area contributed by atoms with Crippen LogP contribution in [0.1, 0.15) is 71.3 Å². The number of hydrogen-bond acceptors (Lipinski definition) is 6. The van der Waals surface area contributed by atoms with Crippen LogP contribution in [0.15, 0.2) is 18.2 Å². The number of amides is 1. The van der Waals surface area contributed by atoms with Gasteiger partial charge in [0, 0.05) is 45.1 Å². The Balaban J connectivity index is 1.87. The van der Waals surface area contributed by atoms with Crippen molar-refractivity contribution in [1.29, 1.82) is 0 Å². The molecule has 7 nitrogen and oxygen atoms in total. The largest absolute Gasteiger partial charge is 0.493 e. The fourth-order valence-corrected chi connectivity index (χ4v) is 4.91. The minimum Gasteiger partial charge on any atom is -0.493 e.